The maximum Gasteiger partial charge on any atom is 0.160 e. The van der Waals surface area contributed by atoms with Gasteiger partial charge in [-0.05, 0) is 25.2 Å². The van der Waals surface area contributed by atoms with E-state index in [1.807, 2.05) is 0 Å². The lowest BCUT2D eigenvalue weighted by Gasteiger charge is -2.30. The predicted molar refractivity (Wildman–Crippen MR) is 152 cm³/mol. The van der Waals surface area contributed by atoms with Crippen molar-refractivity contribution in [3.8, 4) is 0 Å². The van der Waals surface area contributed by atoms with Gasteiger partial charge in [0, 0.05) is 32.7 Å². The summed E-state index contributed by atoms with van der Waals surface area (Å²) in [6, 6.07) is 0.241. The highest BCUT2D eigenvalue weighted by atomic mass is 15.4. The minimum Gasteiger partial charge on any atom is -0.357 e. The van der Waals surface area contributed by atoms with Crippen molar-refractivity contribution in [1.82, 2.24) is 9.80 Å². The first kappa shape index (κ1) is 27.1. The standard InChI is InChI=1S/C30H52BN3/c1-25-13-10-15-27(16-11-14-25)17-12-20-29(31-28-18-8-6-5-7-9-19-28)21-22-32-26(2)30-33(3)23-24-34(30)4/h12,20-28,30-31H,5-11,13-19H2,1-4H3/b20-12-,29-21+,32-22+/t25?,26-,27?/m1/s1. The van der Waals surface area contributed by atoms with Gasteiger partial charge in [0.1, 0.15) is 6.17 Å². The Labute approximate surface area is 212 Å². The van der Waals surface area contributed by atoms with Crippen LogP contribution in [0.2, 0.25) is 5.82 Å². The van der Waals surface area contributed by atoms with Crippen molar-refractivity contribution in [2.45, 2.75) is 122 Å². The molecule has 0 aromatic rings. The summed E-state index contributed by atoms with van der Waals surface area (Å²) in [4.78, 5) is 9.46. The van der Waals surface area contributed by atoms with Gasteiger partial charge in [-0.1, -0.05) is 120 Å². The smallest absolute Gasteiger partial charge is 0.160 e. The fraction of sp³-hybridized carbons (Fsp3) is 0.767. The van der Waals surface area contributed by atoms with Crippen molar-refractivity contribution in [1.29, 1.82) is 0 Å². The van der Waals surface area contributed by atoms with Gasteiger partial charge in [-0.15, -0.1) is 0 Å². The first-order valence-electron chi connectivity index (χ1n) is 14.5. The lowest BCUT2D eigenvalue weighted by atomic mass is 9.55. The molecule has 0 radical (unpaired) electrons. The van der Waals surface area contributed by atoms with Gasteiger partial charge in [-0.3, -0.25) is 4.99 Å². The summed E-state index contributed by atoms with van der Waals surface area (Å²) >= 11 is 0. The molecule has 4 heteroatoms. The Hall–Kier alpha value is -1.45. The van der Waals surface area contributed by atoms with Gasteiger partial charge in [0.15, 0.2) is 7.28 Å². The molecule has 1 aliphatic heterocycles. The number of aliphatic imine (C=N–C) groups is 1. The summed E-state index contributed by atoms with van der Waals surface area (Å²) in [6.45, 7) is 4.67. The van der Waals surface area contributed by atoms with Crippen LogP contribution in [0.15, 0.2) is 41.1 Å². The Kier molecular flexibility index (Phi) is 11.8. The molecule has 1 atom stereocenters. The van der Waals surface area contributed by atoms with Crippen molar-refractivity contribution >= 4 is 13.5 Å². The lowest BCUT2D eigenvalue weighted by molar-refractivity contribution is 0.179. The first-order valence-corrected chi connectivity index (χ1v) is 14.5. The SMILES string of the molecule is CC1CCCC(C\C=C/C(BC2CCCCCCC2)=C\C=N\[C@H](C)C2N(C)C=CN2C)CCC1. The average Bonchev–Trinajstić information content (AvgIpc) is 3.11. The van der Waals surface area contributed by atoms with E-state index in [0.717, 1.165) is 17.7 Å². The Balaban J connectivity index is 1.61. The Morgan fingerprint density at radius 1 is 0.912 bits per heavy atom. The maximum atomic E-state index is 4.94. The van der Waals surface area contributed by atoms with E-state index >= 15 is 0 Å². The third kappa shape index (κ3) is 9.31. The van der Waals surface area contributed by atoms with Gasteiger partial charge in [0.2, 0.25) is 0 Å². The molecule has 34 heavy (non-hydrogen) atoms. The monoisotopic (exact) mass is 465 g/mol. The van der Waals surface area contributed by atoms with Crippen molar-refractivity contribution in [2.75, 3.05) is 14.1 Å². The first-order chi connectivity index (χ1) is 16.5. The normalized spacial score (nSPS) is 27.7. The topological polar surface area (TPSA) is 18.8 Å². The molecule has 3 rings (SSSR count). The highest BCUT2D eigenvalue weighted by Gasteiger charge is 2.25. The third-order valence-electron chi connectivity index (χ3n) is 8.58. The van der Waals surface area contributed by atoms with Crippen LogP contribution in [0, 0.1) is 11.8 Å². The van der Waals surface area contributed by atoms with E-state index in [-0.39, 0.29) is 6.04 Å². The number of rotatable bonds is 8. The zero-order chi connectivity index (χ0) is 24.2. The minimum atomic E-state index is 0.241. The number of hydrogen-bond acceptors (Lipinski definition) is 3. The molecule has 0 unspecified atom stereocenters. The molecule has 0 aromatic carbocycles. The number of likely N-dealkylation sites (N-methyl/N-ethyl adjacent to an activating group) is 2. The molecule has 1 heterocycles. The molecule has 0 aromatic heterocycles. The van der Waals surface area contributed by atoms with Crippen LogP contribution in [-0.4, -0.2) is 49.6 Å². The van der Waals surface area contributed by atoms with E-state index < -0.39 is 0 Å². The minimum absolute atomic E-state index is 0.241. The predicted octanol–water partition coefficient (Wildman–Crippen LogP) is 7.53. The van der Waals surface area contributed by atoms with Crippen LogP contribution in [0.1, 0.15) is 104 Å². The van der Waals surface area contributed by atoms with E-state index in [0.29, 0.717) is 6.17 Å². The van der Waals surface area contributed by atoms with Crippen LogP contribution in [0.25, 0.3) is 0 Å². The highest BCUT2D eigenvalue weighted by molar-refractivity contribution is 6.48. The Morgan fingerprint density at radius 2 is 1.53 bits per heavy atom. The van der Waals surface area contributed by atoms with Crippen molar-refractivity contribution in [2.24, 2.45) is 16.8 Å². The second-order valence-electron chi connectivity index (χ2n) is 11.7. The quantitative estimate of drug-likeness (QED) is 0.210. The van der Waals surface area contributed by atoms with Gasteiger partial charge >= 0.3 is 0 Å². The van der Waals surface area contributed by atoms with Crippen molar-refractivity contribution in [3.05, 3.63) is 36.1 Å². The summed E-state index contributed by atoms with van der Waals surface area (Å²) < 4.78 is 0. The summed E-state index contributed by atoms with van der Waals surface area (Å²) in [5, 5.41) is 0. The van der Waals surface area contributed by atoms with E-state index in [4.69, 9.17) is 4.99 Å². The van der Waals surface area contributed by atoms with Crippen LogP contribution < -0.4 is 0 Å². The van der Waals surface area contributed by atoms with Crippen LogP contribution in [0.4, 0.5) is 0 Å². The maximum absolute atomic E-state index is 4.94. The summed E-state index contributed by atoms with van der Waals surface area (Å²) in [5.41, 5.74) is 1.49. The van der Waals surface area contributed by atoms with E-state index in [1.54, 1.807) is 0 Å². The van der Waals surface area contributed by atoms with Gasteiger partial charge in [0.05, 0.1) is 6.04 Å². The van der Waals surface area contributed by atoms with Crippen molar-refractivity contribution < 1.29 is 0 Å². The largest absolute Gasteiger partial charge is 0.357 e. The van der Waals surface area contributed by atoms with Gasteiger partial charge in [-0.25, -0.2) is 0 Å². The molecule has 2 aliphatic carbocycles. The summed E-state index contributed by atoms with van der Waals surface area (Å²) in [5.74, 6) is 2.68. The fourth-order valence-corrected chi connectivity index (χ4v) is 6.42. The van der Waals surface area contributed by atoms with Gasteiger partial charge in [-0.2, -0.15) is 0 Å². The number of nitrogens with zero attached hydrogens (tertiary/aromatic N) is 3. The zero-order valence-electron chi connectivity index (χ0n) is 22.8. The average molecular weight is 466 g/mol. The van der Waals surface area contributed by atoms with E-state index in [9.17, 15) is 0 Å². The molecular formula is C30H52BN3. The summed E-state index contributed by atoms with van der Waals surface area (Å²) in [7, 11) is 5.51. The van der Waals surface area contributed by atoms with E-state index in [2.05, 4.69) is 74.6 Å². The third-order valence-corrected chi connectivity index (χ3v) is 8.58. The van der Waals surface area contributed by atoms with Gasteiger partial charge in [0.25, 0.3) is 0 Å². The molecule has 2 fully saturated rings. The highest BCUT2D eigenvalue weighted by Crippen LogP contribution is 2.29. The zero-order valence-corrected chi connectivity index (χ0v) is 22.8. The second-order valence-corrected chi connectivity index (χ2v) is 11.7. The van der Waals surface area contributed by atoms with Crippen molar-refractivity contribution in [3.63, 3.8) is 0 Å². The van der Waals surface area contributed by atoms with Crippen LogP contribution in [0.3, 0.4) is 0 Å². The van der Waals surface area contributed by atoms with E-state index in [1.165, 1.54) is 103 Å². The number of hydrogen-bond donors (Lipinski definition) is 0. The fourth-order valence-electron chi connectivity index (χ4n) is 6.42. The Morgan fingerprint density at radius 3 is 2.18 bits per heavy atom. The van der Waals surface area contributed by atoms with Crippen LogP contribution in [-0.2, 0) is 0 Å². The molecule has 0 bridgehead atoms. The molecule has 0 amide bonds. The molecule has 0 spiro atoms. The van der Waals surface area contributed by atoms with Crippen LogP contribution >= 0.6 is 0 Å². The number of allylic oxidation sites excluding steroid dienone is 4. The molecule has 190 valence electrons. The molecule has 3 nitrogen and oxygen atoms in total. The molecule has 0 saturated heterocycles. The lowest BCUT2D eigenvalue weighted by Crippen LogP contribution is -2.42. The Bertz CT molecular complexity index is 667. The second kappa shape index (κ2) is 14.8. The van der Waals surface area contributed by atoms with Crippen LogP contribution in [0.5, 0.6) is 0 Å². The molecular weight excluding hydrogens is 413 g/mol. The van der Waals surface area contributed by atoms with Gasteiger partial charge < -0.3 is 9.80 Å². The molecule has 3 aliphatic rings. The summed E-state index contributed by atoms with van der Waals surface area (Å²) in [6.07, 6.45) is 33.8. The molecule has 0 N–H and O–H groups in total. The molecule has 2 saturated carbocycles.